The maximum absolute atomic E-state index is 11.1. The Bertz CT molecular complexity index is 494. The first-order chi connectivity index (χ1) is 9.58. The van der Waals surface area contributed by atoms with Crippen molar-refractivity contribution in [3.8, 4) is 5.75 Å². The van der Waals surface area contributed by atoms with Crippen LogP contribution in [0.4, 0.5) is 11.4 Å². The van der Waals surface area contributed by atoms with Crippen molar-refractivity contribution in [2.24, 2.45) is 0 Å². The lowest BCUT2D eigenvalue weighted by atomic mass is 9.95. The van der Waals surface area contributed by atoms with Crippen molar-refractivity contribution >= 4 is 17.3 Å². The lowest BCUT2D eigenvalue weighted by Gasteiger charge is -2.28. The summed E-state index contributed by atoms with van der Waals surface area (Å²) >= 11 is 0. The molecule has 0 unspecified atom stereocenters. The quantitative estimate of drug-likeness (QED) is 0.500. The van der Waals surface area contributed by atoms with E-state index >= 15 is 0 Å². The van der Waals surface area contributed by atoms with Crippen molar-refractivity contribution in [2.45, 2.75) is 37.9 Å². The van der Waals surface area contributed by atoms with Crippen LogP contribution >= 0.6 is 0 Å². The Morgan fingerprint density at radius 3 is 2.45 bits per heavy atom. The summed E-state index contributed by atoms with van der Waals surface area (Å²) in [6.45, 7) is 3.39. The number of rotatable bonds is 4. The van der Waals surface area contributed by atoms with E-state index in [0.717, 1.165) is 25.7 Å². The molecule has 0 radical (unpaired) electrons. The molecule has 1 fully saturated rings. The first kappa shape index (κ1) is 14.2. The van der Waals surface area contributed by atoms with Crippen molar-refractivity contribution in [3.05, 3.63) is 30.9 Å². The van der Waals surface area contributed by atoms with Crippen LogP contribution in [0.25, 0.3) is 0 Å². The highest BCUT2D eigenvalue weighted by Crippen LogP contribution is 2.29. The molecule has 0 atom stereocenters. The molecule has 0 heterocycles. The minimum Gasteiger partial charge on any atom is -0.488 e. The molecule has 20 heavy (non-hydrogen) atoms. The smallest absolute Gasteiger partial charge is 0.330 e. The molecule has 1 aliphatic rings. The summed E-state index contributed by atoms with van der Waals surface area (Å²) in [6.07, 6.45) is 4.50. The molecule has 0 saturated heterocycles. The molecule has 108 valence electrons. The van der Waals surface area contributed by atoms with Gasteiger partial charge in [-0.3, -0.25) is 0 Å². The molecule has 1 aromatic carbocycles. The van der Waals surface area contributed by atoms with E-state index in [4.69, 9.17) is 20.9 Å². The number of hydrogen-bond acceptors (Lipinski definition) is 5. The second-order valence-electron chi connectivity index (χ2n) is 4.95. The molecule has 0 spiro atoms. The van der Waals surface area contributed by atoms with E-state index in [0.29, 0.717) is 17.1 Å². The lowest BCUT2D eigenvalue weighted by Crippen LogP contribution is -2.29. The Morgan fingerprint density at radius 2 is 1.85 bits per heavy atom. The van der Waals surface area contributed by atoms with E-state index in [1.54, 1.807) is 18.2 Å². The van der Waals surface area contributed by atoms with Gasteiger partial charge in [-0.1, -0.05) is 6.58 Å². The molecule has 1 aliphatic carbocycles. The zero-order valence-electron chi connectivity index (χ0n) is 11.4. The fraction of sp³-hybridized carbons (Fsp3) is 0.400. The minimum absolute atomic E-state index is 0.0379. The first-order valence-electron chi connectivity index (χ1n) is 6.73. The summed E-state index contributed by atoms with van der Waals surface area (Å²) in [6, 6.07) is 5.24. The van der Waals surface area contributed by atoms with Crippen LogP contribution in [0, 0.1) is 0 Å². The van der Waals surface area contributed by atoms with Gasteiger partial charge in [0.05, 0.1) is 11.8 Å². The van der Waals surface area contributed by atoms with Crippen molar-refractivity contribution in [1.82, 2.24) is 0 Å². The summed E-state index contributed by atoms with van der Waals surface area (Å²) in [4.78, 5) is 11.1. The molecule has 1 saturated carbocycles. The predicted octanol–water partition coefficient (Wildman–Crippen LogP) is 2.27. The standard InChI is InChI=1S/C15H20N2O3/c1-2-15(18)20-12-6-4-11(5-7-12)19-14-8-3-10(16)9-13(14)17/h2-3,8-9,11-12H,1,4-7,16-17H2. The molecule has 0 aliphatic heterocycles. The van der Waals surface area contributed by atoms with Gasteiger partial charge in [0.15, 0.2) is 0 Å². The van der Waals surface area contributed by atoms with Gasteiger partial charge in [0.2, 0.25) is 0 Å². The molecule has 1 aromatic rings. The predicted molar refractivity (Wildman–Crippen MR) is 78.2 cm³/mol. The third-order valence-corrected chi connectivity index (χ3v) is 3.40. The number of carbonyl (C=O) groups excluding carboxylic acids is 1. The zero-order chi connectivity index (χ0) is 14.5. The SMILES string of the molecule is C=CC(=O)OC1CCC(Oc2ccc(N)cc2N)CC1. The number of nitrogens with two attached hydrogens (primary N) is 2. The van der Waals surface area contributed by atoms with Crippen LogP contribution in [0.5, 0.6) is 5.75 Å². The highest BCUT2D eigenvalue weighted by Gasteiger charge is 2.24. The minimum atomic E-state index is -0.364. The van der Waals surface area contributed by atoms with Crippen LogP contribution in [0.3, 0.4) is 0 Å². The fourth-order valence-electron chi connectivity index (χ4n) is 2.33. The van der Waals surface area contributed by atoms with Crippen molar-refractivity contribution in [1.29, 1.82) is 0 Å². The summed E-state index contributed by atoms with van der Waals surface area (Å²) in [7, 11) is 0. The Morgan fingerprint density at radius 1 is 1.20 bits per heavy atom. The molecule has 0 bridgehead atoms. The number of nitrogen functional groups attached to an aromatic ring is 2. The van der Waals surface area contributed by atoms with Crippen LogP contribution in [0.1, 0.15) is 25.7 Å². The Labute approximate surface area is 118 Å². The van der Waals surface area contributed by atoms with Crippen molar-refractivity contribution in [3.63, 3.8) is 0 Å². The van der Waals surface area contributed by atoms with Crippen LogP contribution in [-0.2, 0) is 9.53 Å². The van der Waals surface area contributed by atoms with Gasteiger partial charge in [0.1, 0.15) is 11.9 Å². The van der Waals surface area contributed by atoms with E-state index in [-0.39, 0.29) is 18.2 Å². The van der Waals surface area contributed by atoms with Gasteiger partial charge in [-0.25, -0.2) is 4.79 Å². The van der Waals surface area contributed by atoms with Gasteiger partial charge in [-0.15, -0.1) is 0 Å². The number of hydrogen-bond donors (Lipinski definition) is 2. The van der Waals surface area contributed by atoms with E-state index in [2.05, 4.69) is 6.58 Å². The van der Waals surface area contributed by atoms with Gasteiger partial charge >= 0.3 is 5.97 Å². The Balaban J connectivity index is 1.85. The summed E-state index contributed by atoms with van der Waals surface area (Å²) in [5, 5.41) is 0. The average molecular weight is 276 g/mol. The molecule has 4 N–H and O–H groups in total. The van der Waals surface area contributed by atoms with Crippen molar-refractivity contribution in [2.75, 3.05) is 11.5 Å². The van der Waals surface area contributed by atoms with Gasteiger partial charge in [-0.2, -0.15) is 0 Å². The normalized spacial score (nSPS) is 22.0. The number of ether oxygens (including phenoxy) is 2. The van der Waals surface area contributed by atoms with Crippen LogP contribution in [0.2, 0.25) is 0 Å². The monoisotopic (exact) mass is 276 g/mol. The third kappa shape index (κ3) is 3.66. The van der Waals surface area contributed by atoms with Gasteiger partial charge < -0.3 is 20.9 Å². The average Bonchev–Trinajstić information content (AvgIpc) is 2.44. The van der Waals surface area contributed by atoms with Gasteiger partial charge in [0.25, 0.3) is 0 Å². The van der Waals surface area contributed by atoms with E-state index in [1.165, 1.54) is 6.08 Å². The van der Waals surface area contributed by atoms with E-state index in [9.17, 15) is 4.79 Å². The number of anilines is 2. The maximum Gasteiger partial charge on any atom is 0.330 e. The zero-order valence-corrected chi connectivity index (χ0v) is 11.4. The Hall–Kier alpha value is -2.17. The second-order valence-corrected chi connectivity index (χ2v) is 4.95. The molecule has 0 amide bonds. The summed E-state index contributed by atoms with van der Waals surface area (Å²) in [5.74, 6) is 0.294. The van der Waals surface area contributed by atoms with Gasteiger partial charge in [-0.05, 0) is 43.9 Å². The van der Waals surface area contributed by atoms with E-state index in [1.807, 2.05) is 0 Å². The summed E-state index contributed by atoms with van der Waals surface area (Å²) in [5.41, 5.74) is 12.7. The largest absolute Gasteiger partial charge is 0.488 e. The highest BCUT2D eigenvalue weighted by molar-refractivity contribution is 5.81. The molecule has 2 rings (SSSR count). The number of carbonyl (C=O) groups is 1. The lowest BCUT2D eigenvalue weighted by molar-refractivity contribution is -0.145. The van der Waals surface area contributed by atoms with Gasteiger partial charge in [0, 0.05) is 11.8 Å². The number of esters is 1. The third-order valence-electron chi connectivity index (χ3n) is 3.40. The Kier molecular flexibility index (Phi) is 4.50. The molecule has 5 nitrogen and oxygen atoms in total. The maximum atomic E-state index is 11.1. The summed E-state index contributed by atoms with van der Waals surface area (Å²) < 4.78 is 11.1. The first-order valence-corrected chi connectivity index (χ1v) is 6.73. The fourth-order valence-corrected chi connectivity index (χ4v) is 2.33. The topological polar surface area (TPSA) is 87.6 Å². The van der Waals surface area contributed by atoms with Crippen molar-refractivity contribution < 1.29 is 14.3 Å². The highest BCUT2D eigenvalue weighted by atomic mass is 16.5. The second kappa shape index (κ2) is 6.32. The molecule has 0 aromatic heterocycles. The number of benzene rings is 1. The molecular formula is C15H20N2O3. The molecule has 5 heteroatoms. The molecular weight excluding hydrogens is 256 g/mol. The van der Waals surface area contributed by atoms with Crippen LogP contribution in [-0.4, -0.2) is 18.2 Å². The van der Waals surface area contributed by atoms with E-state index < -0.39 is 0 Å². The van der Waals surface area contributed by atoms with Crippen LogP contribution in [0.15, 0.2) is 30.9 Å². The van der Waals surface area contributed by atoms with Crippen LogP contribution < -0.4 is 16.2 Å².